The molecular weight excluding hydrogens is 390 g/mol. The molecule has 0 saturated heterocycles. The van der Waals surface area contributed by atoms with Crippen molar-refractivity contribution in [3.05, 3.63) is 90.8 Å². The Morgan fingerprint density at radius 3 is 2.10 bits per heavy atom. The van der Waals surface area contributed by atoms with Crippen LogP contribution < -0.4 is 10.5 Å². The van der Waals surface area contributed by atoms with Crippen LogP contribution >= 0.6 is 11.3 Å². The highest BCUT2D eigenvalue weighted by Crippen LogP contribution is 2.34. The second kappa shape index (κ2) is 7.78. The normalized spacial score (nSPS) is 11.1. The molecule has 2 aromatic heterocycles. The number of methoxy groups -OCH3 is 1. The lowest BCUT2D eigenvalue weighted by atomic mass is 10.0. The third kappa shape index (κ3) is 3.28. The highest BCUT2D eigenvalue weighted by molar-refractivity contribution is 7.20. The molecule has 0 atom stereocenters. The van der Waals surface area contributed by atoms with E-state index in [1.165, 1.54) is 10.4 Å². The van der Waals surface area contributed by atoms with Crippen LogP contribution in [0.5, 0.6) is 5.75 Å². The van der Waals surface area contributed by atoms with Gasteiger partial charge in [-0.05, 0) is 28.8 Å². The Kier molecular flexibility index (Phi) is 4.83. The molecule has 0 bridgehead atoms. The number of nitrogens with zero attached hydrogens (tertiary/aromatic N) is 2. The number of fused-ring (bicyclic) bond motifs is 1. The van der Waals surface area contributed by atoms with Crippen LogP contribution in [0, 0.1) is 0 Å². The number of ether oxygens (including phenoxy) is 1. The number of nitrogens with two attached hydrogens (primary N) is 1. The lowest BCUT2D eigenvalue weighted by Gasteiger charge is -2.06. The van der Waals surface area contributed by atoms with E-state index < -0.39 is 0 Å². The summed E-state index contributed by atoms with van der Waals surface area (Å²) in [5, 5.41) is 0. The van der Waals surface area contributed by atoms with Crippen LogP contribution in [-0.4, -0.2) is 16.5 Å². The van der Waals surface area contributed by atoms with Crippen molar-refractivity contribution >= 4 is 16.3 Å². The fourth-order valence-corrected chi connectivity index (χ4v) is 4.66. The predicted molar refractivity (Wildman–Crippen MR) is 124 cm³/mol. The van der Waals surface area contributed by atoms with E-state index in [1.807, 2.05) is 18.2 Å². The Morgan fingerprint density at radius 1 is 0.833 bits per heavy atom. The fraction of sp³-hybridized carbons (Fsp3) is 0.0800. The second-order valence-corrected chi connectivity index (χ2v) is 8.04. The van der Waals surface area contributed by atoms with Crippen molar-refractivity contribution in [1.82, 2.24) is 9.38 Å². The largest absolute Gasteiger partial charge is 0.497 e. The molecule has 0 aliphatic heterocycles. The quantitative estimate of drug-likeness (QED) is 0.394. The second-order valence-electron chi connectivity index (χ2n) is 7.03. The Hall–Kier alpha value is -3.41. The predicted octanol–water partition coefficient (Wildman–Crippen LogP) is 5.86. The summed E-state index contributed by atoms with van der Waals surface area (Å²) < 4.78 is 7.37. The summed E-state index contributed by atoms with van der Waals surface area (Å²) in [5.74, 6) is 0.857. The first-order valence-electron chi connectivity index (χ1n) is 9.78. The van der Waals surface area contributed by atoms with E-state index in [1.54, 1.807) is 18.4 Å². The van der Waals surface area contributed by atoms with Crippen molar-refractivity contribution in [1.29, 1.82) is 0 Å². The number of rotatable bonds is 5. The van der Waals surface area contributed by atoms with Crippen LogP contribution in [0.1, 0.15) is 5.69 Å². The van der Waals surface area contributed by atoms with Gasteiger partial charge in [0.2, 0.25) is 0 Å². The maximum Gasteiger partial charge on any atom is 0.195 e. The van der Waals surface area contributed by atoms with Gasteiger partial charge in [0.15, 0.2) is 4.96 Å². The highest BCUT2D eigenvalue weighted by Gasteiger charge is 2.16. The van der Waals surface area contributed by atoms with Gasteiger partial charge in [-0.2, -0.15) is 0 Å². The smallest absolute Gasteiger partial charge is 0.195 e. The van der Waals surface area contributed by atoms with Gasteiger partial charge in [-0.15, -0.1) is 0 Å². The van der Waals surface area contributed by atoms with E-state index in [2.05, 4.69) is 71.3 Å². The zero-order valence-corrected chi connectivity index (χ0v) is 17.4. The first-order chi connectivity index (χ1) is 14.8. The molecule has 5 rings (SSSR count). The third-order valence-electron chi connectivity index (χ3n) is 5.26. The van der Waals surface area contributed by atoms with E-state index in [9.17, 15) is 0 Å². The average molecular weight is 412 g/mol. The molecule has 5 heteroatoms. The molecule has 0 aliphatic rings. The molecule has 2 N–H and O–H groups in total. The zero-order valence-electron chi connectivity index (χ0n) is 16.6. The Morgan fingerprint density at radius 2 is 1.47 bits per heavy atom. The summed E-state index contributed by atoms with van der Waals surface area (Å²) in [6.07, 6.45) is 2.14. The summed E-state index contributed by atoms with van der Waals surface area (Å²) in [6, 6.07) is 26.9. The molecule has 5 aromatic rings. The Labute approximate surface area is 179 Å². The standard InChI is InChI=1S/C25H21N3OS/c1-29-21-13-11-18(12-14-21)17-7-9-20(10-8-17)24-22(15-26)28-16-23(30-25(28)27-24)19-5-3-2-4-6-19/h2-14,16H,15,26H2,1H3. The molecule has 0 unspecified atom stereocenters. The van der Waals surface area contributed by atoms with E-state index in [0.717, 1.165) is 38.8 Å². The molecule has 0 spiro atoms. The minimum atomic E-state index is 0.432. The van der Waals surface area contributed by atoms with Crippen LogP contribution in [0.25, 0.3) is 37.8 Å². The van der Waals surface area contributed by atoms with E-state index in [-0.39, 0.29) is 0 Å². The molecule has 0 radical (unpaired) electrons. The zero-order chi connectivity index (χ0) is 20.5. The Bertz CT molecular complexity index is 1290. The molecule has 2 heterocycles. The van der Waals surface area contributed by atoms with Crippen molar-refractivity contribution in [2.45, 2.75) is 6.54 Å². The maximum absolute atomic E-state index is 6.13. The van der Waals surface area contributed by atoms with Crippen LogP contribution in [0.4, 0.5) is 0 Å². The number of thiazole rings is 1. The number of aromatic nitrogens is 2. The van der Waals surface area contributed by atoms with E-state index in [0.29, 0.717) is 6.54 Å². The van der Waals surface area contributed by atoms with Gasteiger partial charge < -0.3 is 10.5 Å². The van der Waals surface area contributed by atoms with Crippen LogP contribution in [0.15, 0.2) is 85.1 Å². The molecule has 0 saturated carbocycles. The summed E-state index contributed by atoms with van der Waals surface area (Å²) >= 11 is 1.68. The van der Waals surface area contributed by atoms with Crippen molar-refractivity contribution in [2.24, 2.45) is 5.73 Å². The monoisotopic (exact) mass is 411 g/mol. The first kappa shape index (κ1) is 18.6. The summed E-state index contributed by atoms with van der Waals surface area (Å²) in [6.45, 7) is 0.432. The molecule has 0 amide bonds. The number of imidazole rings is 1. The van der Waals surface area contributed by atoms with Crippen LogP contribution in [-0.2, 0) is 6.54 Å². The van der Waals surface area contributed by atoms with Gasteiger partial charge in [0.1, 0.15) is 5.75 Å². The van der Waals surface area contributed by atoms with Gasteiger partial charge in [-0.1, -0.05) is 78.1 Å². The lowest BCUT2D eigenvalue weighted by molar-refractivity contribution is 0.415. The number of hydrogen-bond acceptors (Lipinski definition) is 4. The average Bonchev–Trinajstić information content (AvgIpc) is 3.38. The van der Waals surface area contributed by atoms with Gasteiger partial charge in [-0.3, -0.25) is 4.40 Å². The van der Waals surface area contributed by atoms with Gasteiger partial charge in [0.25, 0.3) is 0 Å². The van der Waals surface area contributed by atoms with Crippen molar-refractivity contribution in [3.63, 3.8) is 0 Å². The van der Waals surface area contributed by atoms with Crippen molar-refractivity contribution in [3.8, 4) is 38.6 Å². The fourth-order valence-electron chi connectivity index (χ4n) is 3.66. The minimum absolute atomic E-state index is 0.432. The molecule has 148 valence electrons. The molecule has 0 fully saturated rings. The minimum Gasteiger partial charge on any atom is -0.497 e. The van der Waals surface area contributed by atoms with Crippen molar-refractivity contribution < 1.29 is 4.74 Å². The third-order valence-corrected chi connectivity index (χ3v) is 6.29. The topological polar surface area (TPSA) is 52.5 Å². The van der Waals surface area contributed by atoms with Crippen LogP contribution in [0.2, 0.25) is 0 Å². The SMILES string of the molecule is COc1ccc(-c2ccc(-c3nc4sc(-c5ccccc5)cn4c3CN)cc2)cc1. The van der Waals surface area contributed by atoms with Gasteiger partial charge >= 0.3 is 0 Å². The first-order valence-corrected chi connectivity index (χ1v) is 10.6. The van der Waals surface area contributed by atoms with Crippen molar-refractivity contribution in [2.75, 3.05) is 7.11 Å². The summed E-state index contributed by atoms with van der Waals surface area (Å²) in [5.41, 5.74) is 12.7. The molecular formula is C25H21N3OS. The number of benzene rings is 3. The molecule has 0 aliphatic carbocycles. The Balaban J connectivity index is 1.50. The van der Waals surface area contributed by atoms with E-state index in [4.69, 9.17) is 15.5 Å². The summed E-state index contributed by atoms with van der Waals surface area (Å²) in [7, 11) is 1.68. The highest BCUT2D eigenvalue weighted by atomic mass is 32.1. The lowest BCUT2D eigenvalue weighted by Crippen LogP contribution is -2.01. The van der Waals surface area contributed by atoms with Crippen LogP contribution in [0.3, 0.4) is 0 Å². The summed E-state index contributed by atoms with van der Waals surface area (Å²) in [4.78, 5) is 7.06. The molecule has 30 heavy (non-hydrogen) atoms. The number of hydrogen-bond donors (Lipinski definition) is 1. The van der Waals surface area contributed by atoms with Gasteiger partial charge in [-0.25, -0.2) is 4.98 Å². The maximum atomic E-state index is 6.13. The molecule has 4 nitrogen and oxygen atoms in total. The molecule has 3 aromatic carbocycles. The van der Waals surface area contributed by atoms with Gasteiger partial charge in [0, 0.05) is 18.3 Å². The van der Waals surface area contributed by atoms with Gasteiger partial charge in [0.05, 0.1) is 23.4 Å². The van der Waals surface area contributed by atoms with E-state index >= 15 is 0 Å².